The van der Waals surface area contributed by atoms with Crippen LogP contribution in [0.3, 0.4) is 0 Å². The van der Waals surface area contributed by atoms with E-state index in [1.54, 1.807) is 6.20 Å². The van der Waals surface area contributed by atoms with Gasteiger partial charge >= 0.3 is 0 Å². The van der Waals surface area contributed by atoms with Gasteiger partial charge in [-0.05, 0) is 48.3 Å². The van der Waals surface area contributed by atoms with Crippen molar-refractivity contribution in [1.29, 1.82) is 5.26 Å². The summed E-state index contributed by atoms with van der Waals surface area (Å²) in [7, 11) is 0. The molecule has 0 aliphatic heterocycles. The van der Waals surface area contributed by atoms with Crippen molar-refractivity contribution in [2.24, 2.45) is 0 Å². The number of halogens is 1. The van der Waals surface area contributed by atoms with Crippen LogP contribution in [0.25, 0.3) is 0 Å². The summed E-state index contributed by atoms with van der Waals surface area (Å²) in [6, 6.07) is 4.57. The molecule has 0 unspecified atom stereocenters. The molecule has 0 aromatic carbocycles. The number of aryl methyl sites for hydroxylation is 1. The van der Waals surface area contributed by atoms with E-state index in [2.05, 4.69) is 45.7 Å². The fourth-order valence-electron chi connectivity index (χ4n) is 1.61. The average molecular weight is 282 g/mol. The van der Waals surface area contributed by atoms with Crippen LogP contribution >= 0.6 is 15.9 Å². The van der Waals surface area contributed by atoms with E-state index >= 15 is 0 Å². The molecule has 0 atom stereocenters. The molecule has 1 aromatic heterocycles. The number of hydrogen-bond acceptors (Lipinski definition) is 3. The van der Waals surface area contributed by atoms with E-state index in [1.165, 1.54) is 0 Å². The van der Waals surface area contributed by atoms with Gasteiger partial charge in [-0.2, -0.15) is 5.26 Å². The zero-order valence-electron chi connectivity index (χ0n) is 9.87. The third kappa shape index (κ3) is 3.21. The van der Waals surface area contributed by atoms with Gasteiger partial charge < -0.3 is 4.90 Å². The molecule has 0 saturated heterocycles. The maximum Gasteiger partial charge on any atom is 0.131 e. The lowest BCUT2D eigenvalue weighted by Gasteiger charge is -2.28. The van der Waals surface area contributed by atoms with Crippen LogP contribution in [0.1, 0.15) is 25.8 Å². The van der Waals surface area contributed by atoms with E-state index < -0.39 is 0 Å². The molecule has 0 aliphatic rings. The minimum absolute atomic E-state index is 0.348. The van der Waals surface area contributed by atoms with Crippen LogP contribution in [0.2, 0.25) is 0 Å². The summed E-state index contributed by atoms with van der Waals surface area (Å²) in [5.41, 5.74) is 1.13. The van der Waals surface area contributed by atoms with Crippen LogP contribution < -0.4 is 4.90 Å². The molecule has 4 heteroatoms. The zero-order chi connectivity index (χ0) is 12.1. The standard InChI is InChI=1S/C12H16BrN3/c1-9(2)16(6-4-5-14)12-10(3)7-11(13)8-15-12/h7-9H,4,6H2,1-3H3. The Balaban J connectivity index is 2.97. The Bertz CT molecular complexity index is 396. The SMILES string of the molecule is Cc1cc(Br)cnc1N(CCC#N)C(C)C. The van der Waals surface area contributed by atoms with Crippen molar-refractivity contribution in [2.45, 2.75) is 33.2 Å². The third-order valence-electron chi connectivity index (χ3n) is 2.38. The summed E-state index contributed by atoms with van der Waals surface area (Å²) in [4.78, 5) is 6.58. The fourth-order valence-corrected chi connectivity index (χ4v) is 2.06. The number of hydrogen-bond donors (Lipinski definition) is 0. The zero-order valence-corrected chi connectivity index (χ0v) is 11.5. The summed E-state index contributed by atoms with van der Waals surface area (Å²) < 4.78 is 0.984. The topological polar surface area (TPSA) is 39.9 Å². The van der Waals surface area contributed by atoms with Gasteiger partial charge in [-0.25, -0.2) is 4.98 Å². The van der Waals surface area contributed by atoms with Crippen molar-refractivity contribution < 1.29 is 0 Å². The number of aromatic nitrogens is 1. The molecule has 0 amide bonds. The highest BCUT2D eigenvalue weighted by Crippen LogP contribution is 2.22. The molecule has 16 heavy (non-hydrogen) atoms. The van der Waals surface area contributed by atoms with Crippen LogP contribution in [-0.2, 0) is 0 Å². The molecular weight excluding hydrogens is 266 g/mol. The van der Waals surface area contributed by atoms with Crippen LogP contribution in [-0.4, -0.2) is 17.6 Å². The van der Waals surface area contributed by atoms with Gasteiger partial charge in [-0.3, -0.25) is 0 Å². The molecule has 0 fully saturated rings. The van der Waals surface area contributed by atoms with Crippen LogP contribution in [0.15, 0.2) is 16.7 Å². The van der Waals surface area contributed by atoms with E-state index in [-0.39, 0.29) is 0 Å². The van der Waals surface area contributed by atoms with Crippen molar-refractivity contribution in [3.8, 4) is 6.07 Å². The van der Waals surface area contributed by atoms with Crippen LogP contribution in [0, 0.1) is 18.3 Å². The number of pyridine rings is 1. The van der Waals surface area contributed by atoms with E-state index in [4.69, 9.17) is 5.26 Å². The van der Waals surface area contributed by atoms with Gasteiger partial charge in [0.05, 0.1) is 12.5 Å². The first-order valence-electron chi connectivity index (χ1n) is 5.32. The highest BCUT2D eigenvalue weighted by atomic mass is 79.9. The lowest BCUT2D eigenvalue weighted by atomic mass is 10.2. The Labute approximate surface area is 105 Å². The highest BCUT2D eigenvalue weighted by molar-refractivity contribution is 9.10. The predicted octanol–water partition coefficient (Wildman–Crippen LogP) is 3.28. The first-order chi connectivity index (χ1) is 7.56. The smallest absolute Gasteiger partial charge is 0.131 e. The van der Waals surface area contributed by atoms with Gasteiger partial charge in [-0.1, -0.05) is 0 Å². The Kier molecular flexibility index (Phi) is 4.75. The second-order valence-corrected chi connectivity index (χ2v) is 4.90. The van der Waals surface area contributed by atoms with Gasteiger partial charge in [0.1, 0.15) is 5.82 Å². The third-order valence-corrected chi connectivity index (χ3v) is 2.81. The quantitative estimate of drug-likeness (QED) is 0.850. The lowest BCUT2D eigenvalue weighted by Crippen LogP contribution is -2.32. The number of nitrogens with zero attached hydrogens (tertiary/aromatic N) is 3. The molecule has 3 nitrogen and oxygen atoms in total. The van der Waals surface area contributed by atoms with Gasteiger partial charge in [0.2, 0.25) is 0 Å². The van der Waals surface area contributed by atoms with Crippen molar-refractivity contribution in [3.05, 3.63) is 22.3 Å². The van der Waals surface area contributed by atoms with Gasteiger partial charge in [0.25, 0.3) is 0 Å². The van der Waals surface area contributed by atoms with Crippen LogP contribution in [0.4, 0.5) is 5.82 Å². The average Bonchev–Trinajstić information content (AvgIpc) is 2.20. The Hall–Kier alpha value is -1.08. The predicted molar refractivity (Wildman–Crippen MR) is 69.4 cm³/mol. The molecule has 0 radical (unpaired) electrons. The molecule has 0 spiro atoms. The fraction of sp³-hybridized carbons (Fsp3) is 0.500. The van der Waals surface area contributed by atoms with Crippen LogP contribution in [0.5, 0.6) is 0 Å². The van der Waals surface area contributed by atoms with Crippen molar-refractivity contribution >= 4 is 21.7 Å². The molecule has 1 rings (SSSR count). The van der Waals surface area contributed by atoms with E-state index in [0.717, 1.165) is 22.4 Å². The monoisotopic (exact) mass is 281 g/mol. The molecule has 0 N–H and O–H groups in total. The summed E-state index contributed by atoms with van der Waals surface area (Å²) in [6.07, 6.45) is 2.32. The van der Waals surface area contributed by atoms with Crippen molar-refractivity contribution in [3.63, 3.8) is 0 Å². The van der Waals surface area contributed by atoms with Gasteiger partial charge in [0.15, 0.2) is 0 Å². The second-order valence-electron chi connectivity index (χ2n) is 3.99. The molecular formula is C12H16BrN3. The first-order valence-corrected chi connectivity index (χ1v) is 6.11. The maximum absolute atomic E-state index is 8.65. The molecule has 0 bridgehead atoms. The van der Waals surface area contributed by atoms with Gasteiger partial charge in [-0.15, -0.1) is 0 Å². The lowest BCUT2D eigenvalue weighted by molar-refractivity contribution is 0.674. The normalized spacial score (nSPS) is 10.2. The maximum atomic E-state index is 8.65. The summed E-state index contributed by atoms with van der Waals surface area (Å²) in [6.45, 7) is 6.99. The van der Waals surface area contributed by atoms with Crippen molar-refractivity contribution in [1.82, 2.24) is 4.98 Å². The summed E-state index contributed by atoms with van der Waals surface area (Å²) >= 11 is 3.40. The minimum Gasteiger partial charge on any atom is -0.353 e. The largest absolute Gasteiger partial charge is 0.353 e. The Morgan fingerprint density at radius 2 is 2.25 bits per heavy atom. The van der Waals surface area contributed by atoms with Gasteiger partial charge in [0, 0.05) is 23.3 Å². The molecule has 86 valence electrons. The minimum atomic E-state index is 0.348. The Morgan fingerprint density at radius 3 is 2.75 bits per heavy atom. The number of nitriles is 1. The first kappa shape index (κ1) is 13.0. The Morgan fingerprint density at radius 1 is 1.56 bits per heavy atom. The molecule has 1 heterocycles. The van der Waals surface area contributed by atoms with E-state index in [0.29, 0.717) is 12.5 Å². The summed E-state index contributed by atoms with van der Waals surface area (Å²) in [5, 5.41) is 8.65. The molecule has 0 aliphatic carbocycles. The molecule has 0 saturated carbocycles. The molecule has 1 aromatic rings. The number of rotatable bonds is 4. The second kappa shape index (κ2) is 5.86. The highest BCUT2D eigenvalue weighted by Gasteiger charge is 2.13. The number of anilines is 1. The summed E-state index contributed by atoms with van der Waals surface area (Å²) in [5.74, 6) is 0.966. The van der Waals surface area contributed by atoms with E-state index in [9.17, 15) is 0 Å². The van der Waals surface area contributed by atoms with E-state index in [1.807, 2.05) is 13.0 Å². The van der Waals surface area contributed by atoms with Crippen molar-refractivity contribution in [2.75, 3.05) is 11.4 Å².